The Labute approximate surface area is 181 Å². The molecule has 3 aromatic rings. The van der Waals surface area contributed by atoms with E-state index < -0.39 is 29.9 Å². The summed E-state index contributed by atoms with van der Waals surface area (Å²) in [4.78, 5) is 37.1. The number of para-hydroxylation sites is 1. The number of anilines is 1. The fourth-order valence-corrected chi connectivity index (χ4v) is 2.78. The molecule has 0 aliphatic rings. The first-order valence-corrected chi connectivity index (χ1v) is 9.51. The van der Waals surface area contributed by atoms with Crippen LogP contribution in [0, 0.1) is 5.82 Å². The maximum absolute atomic E-state index is 13.0. The molecular weight excluding hydrogens is 429 g/mol. The summed E-state index contributed by atoms with van der Waals surface area (Å²) < 4.78 is 24.3. The number of amides is 1. The molecule has 8 nitrogen and oxygen atoms in total. The molecule has 1 N–H and O–H groups in total. The van der Waals surface area contributed by atoms with Gasteiger partial charge in [-0.05, 0) is 43.3 Å². The van der Waals surface area contributed by atoms with E-state index in [4.69, 9.17) is 21.1 Å². The lowest BCUT2D eigenvalue weighted by molar-refractivity contribution is -0.118. The van der Waals surface area contributed by atoms with Gasteiger partial charge in [-0.15, -0.1) is 0 Å². The minimum absolute atomic E-state index is 0.0657. The number of esters is 1. The zero-order valence-electron chi connectivity index (χ0n) is 16.3. The van der Waals surface area contributed by atoms with Crippen LogP contribution in [0.4, 0.5) is 10.1 Å². The Hall–Kier alpha value is -3.72. The number of halogens is 2. The molecule has 0 aliphatic heterocycles. The van der Waals surface area contributed by atoms with Crippen LogP contribution in [0.25, 0.3) is 5.69 Å². The van der Waals surface area contributed by atoms with Crippen LogP contribution in [0.5, 0.6) is 5.75 Å². The molecule has 1 amide bonds. The maximum Gasteiger partial charge on any atom is 0.362 e. The second kappa shape index (κ2) is 9.86. The van der Waals surface area contributed by atoms with Crippen LogP contribution in [0.15, 0.2) is 59.4 Å². The van der Waals surface area contributed by atoms with E-state index in [-0.39, 0.29) is 28.8 Å². The third-order valence-corrected chi connectivity index (χ3v) is 4.25. The number of nitrogens with one attached hydrogen (secondary N) is 1. The molecule has 0 fully saturated rings. The summed E-state index contributed by atoms with van der Waals surface area (Å²) >= 11 is 6.13. The Morgan fingerprint density at radius 1 is 1.16 bits per heavy atom. The summed E-state index contributed by atoms with van der Waals surface area (Å²) in [7, 11) is 0. The van der Waals surface area contributed by atoms with Crippen molar-refractivity contribution in [1.82, 2.24) is 9.78 Å². The van der Waals surface area contributed by atoms with Gasteiger partial charge >= 0.3 is 5.97 Å². The summed E-state index contributed by atoms with van der Waals surface area (Å²) in [6.07, 6.45) is 0. The van der Waals surface area contributed by atoms with Crippen LogP contribution >= 0.6 is 11.6 Å². The molecule has 0 aliphatic carbocycles. The van der Waals surface area contributed by atoms with Crippen molar-refractivity contribution < 1.29 is 23.5 Å². The van der Waals surface area contributed by atoms with E-state index in [9.17, 15) is 18.8 Å². The molecule has 3 rings (SSSR count). The first-order chi connectivity index (χ1) is 14.9. The summed E-state index contributed by atoms with van der Waals surface area (Å²) in [6.45, 7) is 1.15. The number of carbonyl (C=O) groups excluding carboxylic acids is 2. The fourth-order valence-electron chi connectivity index (χ4n) is 2.56. The van der Waals surface area contributed by atoms with Crippen LogP contribution in [0.1, 0.15) is 17.4 Å². The fraction of sp³-hybridized carbons (Fsp3) is 0.143. The van der Waals surface area contributed by atoms with E-state index in [1.54, 1.807) is 31.2 Å². The zero-order valence-corrected chi connectivity index (χ0v) is 17.1. The van der Waals surface area contributed by atoms with E-state index in [0.717, 1.165) is 10.7 Å². The molecular formula is C21H17ClFN3O5. The van der Waals surface area contributed by atoms with Crippen molar-refractivity contribution in [2.24, 2.45) is 0 Å². The molecule has 10 heteroatoms. The highest BCUT2D eigenvalue weighted by Crippen LogP contribution is 2.20. The average molecular weight is 446 g/mol. The SMILES string of the molecule is CCOC(=O)c1nn(-c2ccccc2Cl)c(=O)cc1OCC(=O)Nc1ccc(F)cc1. The summed E-state index contributed by atoms with van der Waals surface area (Å²) in [5.74, 6) is -2.09. The number of rotatable bonds is 7. The van der Waals surface area contributed by atoms with Crippen molar-refractivity contribution in [3.05, 3.63) is 81.5 Å². The lowest BCUT2D eigenvalue weighted by atomic mass is 10.3. The first-order valence-electron chi connectivity index (χ1n) is 9.13. The molecule has 0 saturated heterocycles. The zero-order chi connectivity index (χ0) is 22.4. The first kappa shape index (κ1) is 22.0. The minimum Gasteiger partial charge on any atom is -0.481 e. The number of nitrogens with zero attached hydrogens (tertiary/aromatic N) is 2. The number of hydrogen-bond acceptors (Lipinski definition) is 6. The molecule has 0 spiro atoms. The maximum atomic E-state index is 13.0. The Kier molecular flexibility index (Phi) is 6.99. The molecule has 1 aromatic heterocycles. The van der Waals surface area contributed by atoms with Crippen LogP contribution in [-0.4, -0.2) is 34.9 Å². The number of aromatic nitrogens is 2. The second-order valence-corrected chi connectivity index (χ2v) is 6.53. The van der Waals surface area contributed by atoms with Gasteiger partial charge in [0.2, 0.25) is 5.69 Å². The standard InChI is InChI=1S/C21H17ClFN3O5/c1-2-30-21(29)20-17(31-12-18(27)24-14-9-7-13(23)8-10-14)11-19(28)26(25-20)16-6-4-3-5-15(16)22/h3-11H,2,12H2,1H3,(H,24,27). The van der Waals surface area contributed by atoms with E-state index in [0.29, 0.717) is 5.69 Å². The van der Waals surface area contributed by atoms with Gasteiger partial charge < -0.3 is 14.8 Å². The predicted octanol–water partition coefficient (Wildman–Crippen LogP) is 3.22. The van der Waals surface area contributed by atoms with Gasteiger partial charge in [-0.3, -0.25) is 9.59 Å². The van der Waals surface area contributed by atoms with Gasteiger partial charge in [0.25, 0.3) is 11.5 Å². The molecule has 31 heavy (non-hydrogen) atoms. The number of benzene rings is 2. The van der Waals surface area contributed by atoms with Gasteiger partial charge in [0.15, 0.2) is 12.4 Å². The van der Waals surface area contributed by atoms with Gasteiger partial charge in [0.05, 0.1) is 23.4 Å². The topological polar surface area (TPSA) is 99.5 Å². The van der Waals surface area contributed by atoms with E-state index in [1.165, 1.54) is 24.3 Å². The molecule has 0 radical (unpaired) electrons. The Morgan fingerprint density at radius 3 is 2.55 bits per heavy atom. The van der Waals surface area contributed by atoms with Crippen LogP contribution < -0.4 is 15.6 Å². The lowest BCUT2D eigenvalue weighted by Crippen LogP contribution is -2.27. The highest BCUT2D eigenvalue weighted by molar-refractivity contribution is 6.32. The lowest BCUT2D eigenvalue weighted by Gasteiger charge is -2.13. The van der Waals surface area contributed by atoms with Crippen LogP contribution in [0.3, 0.4) is 0 Å². The van der Waals surface area contributed by atoms with Gasteiger partial charge in [-0.2, -0.15) is 9.78 Å². The van der Waals surface area contributed by atoms with Crippen LogP contribution in [0.2, 0.25) is 5.02 Å². The van der Waals surface area contributed by atoms with Crippen molar-refractivity contribution >= 4 is 29.2 Å². The monoisotopic (exact) mass is 445 g/mol. The second-order valence-electron chi connectivity index (χ2n) is 6.12. The van der Waals surface area contributed by atoms with E-state index in [2.05, 4.69) is 10.4 Å². The van der Waals surface area contributed by atoms with Gasteiger partial charge in [0.1, 0.15) is 5.82 Å². The number of hydrogen-bond donors (Lipinski definition) is 1. The molecule has 0 atom stereocenters. The largest absolute Gasteiger partial charge is 0.481 e. The molecule has 0 unspecified atom stereocenters. The van der Waals surface area contributed by atoms with Gasteiger partial charge in [-0.1, -0.05) is 23.7 Å². The third kappa shape index (κ3) is 5.46. The predicted molar refractivity (Wildman–Crippen MR) is 111 cm³/mol. The highest BCUT2D eigenvalue weighted by atomic mass is 35.5. The van der Waals surface area contributed by atoms with Crippen molar-refractivity contribution in [2.45, 2.75) is 6.92 Å². The third-order valence-electron chi connectivity index (χ3n) is 3.93. The molecule has 160 valence electrons. The van der Waals surface area contributed by atoms with E-state index in [1.807, 2.05) is 0 Å². The Morgan fingerprint density at radius 2 is 1.87 bits per heavy atom. The molecule has 2 aromatic carbocycles. The quantitative estimate of drug-likeness (QED) is 0.560. The molecule has 0 saturated carbocycles. The number of carbonyl (C=O) groups is 2. The van der Waals surface area contributed by atoms with Crippen LogP contribution in [-0.2, 0) is 9.53 Å². The van der Waals surface area contributed by atoms with Crippen molar-refractivity contribution in [1.29, 1.82) is 0 Å². The number of ether oxygens (including phenoxy) is 2. The van der Waals surface area contributed by atoms with Gasteiger partial charge in [0, 0.05) is 5.69 Å². The summed E-state index contributed by atoms with van der Waals surface area (Å²) in [6, 6.07) is 12.6. The highest BCUT2D eigenvalue weighted by Gasteiger charge is 2.21. The smallest absolute Gasteiger partial charge is 0.362 e. The summed E-state index contributed by atoms with van der Waals surface area (Å²) in [5.41, 5.74) is -0.306. The van der Waals surface area contributed by atoms with Crippen molar-refractivity contribution in [2.75, 3.05) is 18.5 Å². The van der Waals surface area contributed by atoms with Crippen molar-refractivity contribution in [3.8, 4) is 11.4 Å². The Bertz CT molecular complexity index is 1160. The van der Waals surface area contributed by atoms with Gasteiger partial charge in [-0.25, -0.2) is 9.18 Å². The summed E-state index contributed by atoms with van der Waals surface area (Å²) in [5, 5.41) is 6.79. The van der Waals surface area contributed by atoms with Crippen molar-refractivity contribution in [3.63, 3.8) is 0 Å². The molecule has 1 heterocycles. The Balaban J connectivity index is 1.86. The minimum atomic E-state index is -0.836. The normalized spacial score (nSPS) is 10.4. The molecule has 0 bridgehead atoms. The van der Waals surface area contributed by atoms with E-state index >= 15 is 0 Å². The average Bonchev–Trinajstić information content (AvgIpc) is 2.75.